The fourth-order valence-corrected chi connectivity index (χ4v) is 3.98. The highest BCUT2D eigenvalue weighted by Gasteiger charge is 2.12. The largest absolute Gasteiger partial charge is 0.370 e. The van der Waals surface area contributed by atoms with E-state index < -0.39 is 0 Å². The van der Waals surface area contributed by atoms with Gasteiger partial charge in [0.1, 0.15) is 0 Å². The lowest BCUT2D eigenvalue weighted by Gasteiger charge is -2.28. The molecule has 138 valence electrons. The van der Waals surface area contributed by atoms with E-state index in [0.29, 0.717) is 10.6 Å². The molecule has 1 N–H and O–H groups in total. The topological polar surface area (TPSA) is 50.2 Å². The Bertz CT molecular complexity index is 918. The highest BCUT2D eigenvalue weighted by Crippen LogP contribution is 2.22. The van der Waals surface area contributed by atoms with Gasteiger partial charge in [0, 0.05) is 47.2 Å². The van der Waals surface area contributed by atoms with Crippen LogP contribution in [0.3, 0.4) is 0 Å². The second-order valence-corrected chi connectivity index (χ2v) is 7.91. The lowest BCUT2D eigenvalue weighted by Crippen LogP contribution is -2.32. The maximum absolute atomic E-state index is 12.5. The Morgan fingerprint density at radius 2 is 1.67 bits per heavy atom. The van der Waals surface area contributed by atoms with E-state index in [2.05, 4.69) is 27.4 Å². The van der Waals surface area contributed by atoms with Crippen molar-refractivity contribution in [3.05, 3.63) is 71.5 Å². The standard InChI is InChI=1S/C20H19ClN4OS/c21-16-1-5-19(6-2-16)25-14-15(13-22-25)20(26)23-17-3-7-18(8-4-17)24-9-11-27-12-10-24/h1-8,13-14H,9-12H2,(H,23,26). The predicted octanol–water partition coefficient (Wildman–Crippen LogP) is 4.33. The van der Waals surface area contributed by atoms with E-state index in [4.69, 9.17) is 11.6 Å². The van der Waals surface area contributed by atoms with Crippen molar-refractivity contribution in [1.82, 2.24) is 9.78 Å². The van der Waals surface area contributed by atoms with Gasteiger partial charge in [0.25, 0.3) is 5.91 Å². The number of thioether (sulfide) groups is 1. The van der Waals surface area contributed by atoms with Crippen LogP contribution in [0.1, 0.15) is 10.4 Å². The molecule has 3 aromatic rings. The van der Waals surface area contributed by atoms with Crippen molar-refractivity contribution in [3.63, 3.8) is 0 Å². The first-order valence-electron chi connectivity index (χ1n) is 8.74. The Balaban J connectivity index is 1.42. The van der Waals surface area contributed by atoms with E-state index >= 15 is 0 Å². The van der Waals surface area contributed by atoms with Crippen LogP contribution in [-0.2, 0) is 0 Å². The number of hydrogen-bond donors (Lipinski definition) is 1. The van der Waals surface area contributed by atoms with Crippen LogP contribution in [0.4, 0.5) is 11.4 Å². The maximum atomic E-state index is 12.5. The molecule has 2 heterocycles. The lowest BCUT2D eigenvalue weighted by atomic mass is 10.2. The summed E-state index contributed by atoms with van der Waals surface area (Å²) < 4.78 is 1.66. The number of amides is 1. The van der Waals surface area contributed by atoms with Gasteiger partial charge in [0.2, 0.25) is 0 Å². The van der Waals surface area contributed by atoms with Crippen molar-refractivity contribution < 1.29 is 4.79 Å². The molecule has 0 spiro atoms. The number of carbonyl (C=O) groups excluding carboxylic acids is 1. The number of benzene rings is 2. The minimum atomic E-state index is -0.183. The summed E-state index contributed by atoms with van der Waals surface area (Å²) in [6, 6.07) is 15.3. The molecule has 0 unspecified atom stereocenters. The number of anilines is 2. The number of nitrogens with one attached hydrogen (secondary N) is 1. The van der Waals surface area contributed by atoms with Crippen molar-refractivity contribution in [1.29, 1.82) is 0 Å². The lowest BCUT2D eigenvalue weighted by molar-refractivity contribution is 0.102. The smallest absolute Gasteiger partial charge is 0.258 e. The summed E-state index contributed by atoms with van der Waals surface area (Å²) in [4.78, 5) is 14.9. The van der Waals surface area contributed by atoms with Crippen molar-refractivity contribution in [2.45, 2.75) is 0 Å². The van der Waals surface area contributed by atoms with Crippen molar-refractivity contribution in [2.24, 2.45) is 0 Å². The second-order valence-electron chi connectivity index (χ2n) is 6.25. The molecule has 1 aliphatic heterocycles. The molecule has 0 radical (unpaired) electrons. The van der Waals surface area contributed by atoms with E-state index in [1.54, 1.807) is 29.2 Å². The average molecular weight is 399 g/mol. The summed E-state index contributed by atoms with van der Waals surface area (Å²) in [6.45, 7) is 2.14. The summed E-state index contributed by atoms with van der Waals surface area (Å²) >= 11 is 7.90. The van der Waals surface area contributed by atoms with E-state index in [1.807, 2.05) is 36.0 Å². The summed E-state index contributed by atoms with van der Waals surface area (Å²) in [5, 5.41) is 7.85. The van der Waals surface area contributed by atoms with Gasteiger partial charge in [-0.15, -0.1) is 0 Å². The Morgan fingerprint density at radius 1 is 1.00 bits per heavy atom. The van der Waals surface area contributed by atoms with Gasteiger partial charge >= 0.3 is 0 Å². The molecule has 4 rings (SSSR count). The Kier molecular flexibility index (Phi) is 5.36. The molecule has 0 saturated carbocycles. The second kappa shape index (κ2) is 8.06. The first-order valence-corrected chi connectivity index (χ1v) is 10.3. The van der Waals surface area contributed by atoms with Gasteiger partial charge in [-0.1, -0.05) is 11.6 Å². The summed E-state index contributed by atoms with van der Waals surface area (Å²) in [5.74, 6) is 2.14. The highest BCUT2D eigenvalue weighted by atomic mass is 35.5. The van der Waals surface area contributed by atoms with E-state index in [0.717, 1.165) is 36.0 Å². The van der Waals surface area contributed by atoms with Crippen molar-refractivity contribution >= 4 is 40.6 Å². The van der Waals surface area contributed by atoms with E-state index in [9.17, 15) is 4.79 Å². The predicted molar refractivity (Wildman–Crippen MR) is 113 cm³/mol. The zero-order valence-corrected chi connectivity index (χ0v) is 16.2. The van der Waals surface area contributed by atoms with Crippen LogP contribution in [0.5, 0.6) is 0 Å². The van der Waals surface area contributed by atoms with E-state index in [1.165, 1.54) is 5.69 Å². The summed E-state index contributed by atoms with van der Waals surface area (Å²) in [5.41, 5.74) is 3.32. The third kappa shape index (κ3) is 4.28. The first-order chi connectivity index (χ1) is 13.2. The van der Waals surface area contributed by atoms with Crippen LogP contribution in [-0.4, -0.2) is 40.3 Å². The van der Waals surface area contributed by atoms with Gasteiger partial charge in [-0.2, -0.15) is 16.9 Å². The van der Waals surface area contributed by atoms with Crippen LogP contribution in [0.25, 0.3) is 5.69 Å². The number of hydrogen-bond acceptors (Lipinski definition) is 4. The minimum Gasteiger partial charge on any atom is -0.370 e. The quantitative estimate of drug-likeness (QED) is 0.710. The number of nitrogens with zero attached hydrogens (tertiary/aromatic N) is 3. The van der Waals surface area contributed by atoms with Crippen molar-refractivity contribution in [2.75, 3.05) is 34.8 Å². The van der Waals surface area contributed by atoms with Gasteiger partial charge in [0.15, 0.2) is 0 Å². The molecule has 0 bridgehead atoms. The SMILES string of the molecule is O=C(Nc1ccc(N2CCSCC2)cc1)c1cnn(-c2ccc(Cl)cc2)c1. The van der Waals surface area contributed by atoms with Crippen LogP contribution in [0.2, 0.25) is 5.02 Å². The Hall–Kier alpha value is -2.44. The molecule has 1 amide bonds. The van der Waals surface area contributed by atoms with Gasteiger partial charge in [0.05, 0.1) is 17.4 Å². The molecule has 0 atom stereocenters. The first kappa shape index (κ1) is 17.9. The van der Waals surface area contributed by atoms with Crippen LogP contribution in [0, 0.1) is 0 Å². The van der Waals surface area contributed by atoms with Crippen LogP contribution >= 0.6 is 23.4 Å². The number of carbonyl (C=O) groups is 1. The van der Waals surface area contributed by atoms with Gasteiger partial charge < -0.3 is 10.2 Å². The summed E-state index contributed by atoms with van der Waals surface area (Å²) in [6.07, 6.45) is 3.27. The molecule has 0 aliphatic carbocycles. The zero-order valence-electron chi connectivity index (χ0n) is 14.6. The molecule has 7 heteroatoms. The molecule has 2 aromatic carbocycles. The Labute approximate surface area is 167 Å². The molecule has 1 aliphatic rings. The molecular weight excluding hydrogens is 380 g/mol. The van der Waals surface area contributed by atoms with Gasteiger partial charge in [-0.25, -0.2) is 4.68 Å². The van der Waals surface area contributed by atoms with E-state index in [-0.39, 0.29) is 5.91 Å². The van der Waals surface area contributed by atoms with Crippen molar-refractivity contribution in [3.8, 4) is 5.69 Å². The Morgan fingerprint density at radius 3 is 2.37 bits per heavy atom. The van der Waals surface area contributed by atoms with Gasteiger partial charge in [-0.05, 0) is 48.5 Å². The highest BCUT2D eigenvalue weighted by molar-refractivity contribution is 7.99. The molecule has 1 fully saturated rings. The number of halogens is 1. The van der Waals surface area contributed by atoms with Crippen LogP contribution < -0.4 is 10.2 Å². The van der Waals surface area contributed by atoms with Gasteiger partial charge in [-0.3, -0.25) is 4.79 Å². The normalized spacial score (nSPS) is 14.2. The third-order valence-electron chi connectivity index (χ3n) is 4.44. The maximum Gasteiger partial charge on any atom is 0.258 e. The zero-order chi connectivity index (χ0) is 18.6. The third-order valence-corrected chi connectivity index (χ3v) is 5.63. The monoisotopic (exact) mass is 398 g/mol. The fraction of sp³-hybridized carbons (Fsp3) is 0.200. The number of rotatable bonds is 4. The van der Waals surface area contributed by atoms with Crippen LogP contribution in [0.15, 0.2) is 60.9 Å². The molecular formula is C20H19ClN4OS. The molecule has 5 nitrogen and oxygen atoms in total. The minimum absolute atomic E-state index is 0.183. The number of aromatic nitrogens is 2. The average Bonchev–Trinajstić information content (AvgIpc) is 3.20. The molecule has 1 saturated heterocycles. The molecule has 1 aromatic heterocycles. The molecule has 27 heavy (non-hydrogen) atoms. The fourth-order valence-electron chi connectivity index (χ4n) is 2.96. The summed E-state index contributed by atoms with van der Waals surface area (Å²) in [7, 11) is 0.